The van der Waals surface area contributed by atoms with Crippen LogP contribution in [0.25, 0.3) is 10.2 Å². The molecule has 27 heavy (non-hydrogen) atoms. The lowest BCUT2D eigenvalue weighted by molar-refractivity contribution is 0.492. The molecule has 0 spiro atoms. The first kappa shape index (κ1) is 18.4. The minimum Gasteiger partial charge on any atom is -0.341 e. The van der Waals surface area contributed by atoms with E-state index in [4.69, 9.17) is 10.7 Å². The Morgan fingerprint density at radius 1 is 1.41 bits per heavy atom. The van der Waals surface area contributed by atoms with E-state index >= 15 is 0 Å². The molecule has 8 heteroatoms. The molecule has 4 rings (SSSR count). The highest BCUT2D eigenvalue weighted by Gasteiger charge is 2.24. The first-order chi connectivity index (χ1) is 13.1. The van der Waals surface area contributed by atoms with Crippen LogP contribution in [0.4, 0.5) is 5.95 Å². The summed E-state index contributed by atoms with van der Waals surface area (Å²) in [6, 6.07) is 9.67. The maximum absolute atomic E-state index is 13.3. The predicted octanol–water partition coefficient (Wildman–Crippen LogP) is 2.91. The molecule has 1 aliphatic rings. The van der Waals surface area contributed by atoms with Crippen molar-refractivity contribution < 1.29 is 0 Å². The SMILES string of the molecule is N#Cc1ccccc1Cn1c(N2CCC[C@@H](N)C2)nc2c(I)csc2c1=O. The van der Waals surface area contributed by atoms with E-state index in [1.54, 1.807) is 10.6 Å². The Balaban J connectivity index is 1.89. The molecule has 0 amide bonds. The van der Waals surface area contributed by atoms with Gasteiger partial charge in [0.25, 0.3) is 5.56 Å². The number of piperidine rings is 1. The van der Waals surface area contributed by atoms with Crippen molar-refractivity contribution in [2.24, 2.45) is 5.73 Å². The van der Waals surface area contributed by atoms with Gasteiger partial charge in [0.15, 0.2) is 0 Å². The van der Waals surface area contributed by atoms with Gasteiger partial charge in [-0.15, -0.1) is 11.3 Å². The van der Waals surface area contributed by atoms with Crippen LogP contribution >= 0.6 is 33.9 Å². The molecule has 0 aliphatic carbocycles. The van der Waals surface area contributed by atoms with Crippen molar-refractivity contribution in [3.8, 4) is 6.07 Å². The minimum atomic E-state index is -0.0604. The molecule has 1 aliphatic heterocycles. The van der Waals surface area contributed by atoms with Gasteiger partial charge in [0.2, 0.25) is 5.95 Å². The Morgan fingerprint density at radius 2 is 2.22 bits per heavy atom. The fourth-order valence-corrected chi connectivity index (χ4v) is 5.24. The van der Waals surface area contributed by atoms with Gasteiger partial charge in [0.05, 0.1) is 21.7 Å². The second-order valence-electron chi connectivity index (χ2n) is 6.68. The molecule has 6 nitrogen and oxygen atoms in total. The number of nitrogens with zero attached hydrogens (tertiary/aromatic N) is 4. The zero-order valence-corrected chi connectivity index (χ0v) is 17.5. The molecular weight excluding hydrogens is 473 g/mol. The smallest absolute Gasteiger partial charge is 0.273 e. The van der Waals surface area contributed by atoms with Gasteiger partial charge < -0.3 is 10.6 Å². The van der Waals surface area contributed by atoms with E-state index in [0.717, 1.165) is 34.0 Å². The summed E-state index contributed by atoms with van der Waals surface area (Å²) in [5.41, 5.74) is 8.26. The molecule has 1 saturated heterocycles. The zero-order chi connectivity index (χ0) is 19.0. The van der Waals surface area contributed by atoms with Crippen LogP contribution in [0, 0.1) is 14.9 Å². The molecule has 2 aromatic heterocycles. The largest absolute Gasteiger partial charge is 0.341 e. The quantitative estimate of drug-likeness (QED) is 0.570. The van der Waals surface area contributed by atoms with Crippen molar-refractivity contribution in [1.29, 1.82) is 5.26 Å². The first-order valence-electron chi connectivity index (χ1n) is 8.74. The van der Waals surface area contributed by atoms with Crippen LogP contribution in [0.1, 0.15) is 24.0 Å². The van der Waals surface area contributed by atoms with Gasteiger partial charge in [0, 0.05) is 24.5 Å². The van der Waals surface area contributed by atoms with E-state index in [1.807, 2.05) is 23.6 Å². The summed E-state index contributed by atoms with van der Waals surface area (Å²) in [4.78, 5) is 20.2. The number of halogens is 1. The number of fused-ring (bicyclic) bond motifs is 1. The molecule has 1 fully saturated rings. The van der Waals surface area contributed by atoms with E-state index in [0.29, 0.717) is 29.3 Å². The van der Waals surface area contributed by atoms with Crippen LogP contribution in [0.15, 0.2) is 34.4 Å². The Bertz CT molecular complexity index is 1100. The summed E-state index contributed by atoms with van der Waals surface area (Å²) in [7, 11) is 0. The van der Waals surface area contributed by atoms with E-state index < -0.39 is 0 Å². The second-order valence-corrected chi connectivity index (χ2v) is 8.72. The summed E-state index contributed by atoms with van der Waals surface area (Å²) in [5, 5.41) is 11.4. The lowest BCUT2D eigenvalue weighted by Gasteiger charge is -2.33. The molecule has 3 heterocycles. The van der Waals surface area contributed by atoms with Gasteiger partial charge in [0.1, 0.15) is 10.2 Å². The fraction of sp³-hybridized carbons (Fsp3) is 0.316. The summed E-state index contributed by atoms with van der Waals surface area (Å²) < 4.78 is 3.33. The number of benzene rings is 1. The number of aromatic nitrogens is 2. The van der Waals surface area contributed by atoms with Crippen molar-refractivity contribution in [2.75, 3.05) is 18.0 Å². The third kappa shape index (κ3) is 3.47. The lowest BCUT2D eigenvalue weighted by Crippen LogP contribution is -2.45. The molecule has 0 unspecified atom stereocenters. The maximum Gasteiger partial charge on any atom is 0.273 e. The highest BCUT2D eigenvalue weighted by molar-refractivity contribution is 14.1. The number of nitrogens with two attached hydrogens (primary N) is 1. The second kappa shape index (κ2) is 7.58. The Morgan fingerprint density at radius 3 is 3.00 bits per heavy atom. The van der Waals surface area contributed by atoms with Crippen molar-refractivity contribution in [1.82, 2.24) is 9.55 Å². The van der Waals surface area contributed by atoms with Crippen LogP contribution in [0.2, 0.25) is 0 Å². The van der Waals surface area contributed by atoms with E-state index in [-0.39, 0.29) is 11.6 Å². The summed E-state index contributed by atoms with van der Waals surface area (Å²) in [5.74, 6) is 0.645. The molecule has 0 saturated carbocycles. The molecule has 138 valence electrons. The van der Waals surface area contributed by atoms with Crippen molar-refractivity contribution in [2.45, 2.75) is 25.4 Å². The van der Waals surface area contributed by atoms with Gasteiger partial charge in [-0.3, -0.25) is 9.36 Å². The summed E-state index contributed by atoms with van der Waals surface area (Å²) in [6.45, 7) is 1.83. The van der Waals surface area contributed by atoms with E-state index in [2.05, 4.69) is 33.6 Å². The van der Waals surface area contributed by atoms with Gasteiger partial charge in [-0.1, -0.05) is 18.2 Å². The molecule has 3 aromatic rings. The third-order valence-corrected chi connectivity index (χ3v) is 7.02. The molecule has 1 aromatic carbocycles. The van der Waals surface area contributed by atoms with Crippen LogP contribution in [0.3, 0.4) is 0 Å². The number of thiophene rings is 1. The number of anilines is 1. The molecule has 2 N–H and O–H groups in total. The van der Waals surface area contributed by atoms with Crippen LogP contribution in [-0.4, -0.2) is 28.7 Å². The van der Waals surface area contributed by atoms with Crippen molar-refractivity contribution >= 4 is 50.1 Å². The standard InChI is InChI=1S/C19H18IN5OS/c20-15-11-27-17-16(15)23-19(24-7-3-6-14(22)10-24)25(18(17)26)9-13-5-2-1-4-12(13)8-21/h1-2,4-5,11,14H,3,6-7,9-10,22H2/t14-/m1/s1. The highest BCUT2D eigenvalue weighted by Crippen LogP contribution is 2.27. The number of hydrogen-bond donors (Lipinski definition) is 1. The normalized spacial score (nSPS) is 17.2. The van der Waals surface area contributed by atoms with Gasteiger partial charge in [-0.25, -0.2) is 4.98 Å². The van der Waals surface area contributed by atoms with Crippen LogP contribution < -0.4 is 16.2 Å². The fourth-order valence-electron chi connectivity index (χ4n) is 3.47. The number of hydrogen-bond acceptors (Lipinski definition) is 6. The number of nitriles is 1. The molecular formula is C19H18IN5OS. The Labute approximate surface area is 174 Å². The molecule has 1 atom stereocenters. The van der Waals surface area contributed by atoms with Crippen molar-refractivity contribution in [3.05, 3.63) is 54.7 Å². The van der Waals surface area contributed by atoms with Crippen molar-refractivity contribution in [3.63, 3.8) is 0 Å². The average molecular weight is 491 g/mol. The molecule has 0 radical (unpaired) electrons. The van der Waals surface area contributed by atoms with Gasteiger partial charge in [-0.05, 0) is 47.1 Å². The van der Waals surface area contributed by atoms with Crippen LogP contribution in [-0.2, 0) is 6.54 Å². The highest BCUT2D eigenvalue weighted by atomic mass is 127. The minimum absolute atomic E-state index is 0.0604. The Kier molecular flexibility index (Phi) is 5.16. The van der Waals surface area contributed by atoms with E-state index in [9.17, 15) is 10.1 Å². The monoisotopic (exact) mass is 491 g/mol. The summed E-state index contributed by atoms with van der Waals surface area (Å²) >= 11 is 3.64. The molecule has 0 bridgehead atoms. The van der Waals surface area contributed by atoms with Gasteiger partial charge >= 0.3 is 0 Å². The van der Waals surface area contributed by atoms with Crippen LogP contribution in [0.5, 0.6) is 0 Å². The van der Waals surface area contributed by atoms with Gasteiger partial charge in [-0.2, -0.15) is 5.26 Å². The van der Waals surface area contributed by atoms with E-state index in [1.165, 1.54) is 11.3 Å². The first-order valence-corrected chi connectivity index (χ1v) is 10.7. The lowest BCUT2D eigenvalue weighted by atomic mass is 10.1. The number of rotatable bonds is 3. The zero-order valence-electron chi connectivity index (χ0n) is 14.6. The Hall–Kier alpha value is -1.96. The topological polar surface area (TPSA) is 87.9 Å². The third-order valence-electron chi connectivity index (χ3n) is 4.82. The predicted molar refractivity (Wildman–Crippen MR) is 116 cm³/mol. The average Bonchev–Trinajstić information content (AvgIpc) is 3.05. The summed E-state index contributed by atoms with van der Waals surface area (Å²) in [6.07, 6.45) is 1.96. The maximum atomic E-state index is 13.3.